The van der Waals surface area contributed by atoms with Gasteiger partial charge in [0.15, 0.2) is 23.4 Å². The van der Waals surface area contributed by atoms with Crippen LogP contribution in [0.15, 0.2) is 46.9 Å². The molecular weight excluding hydrogens is 374 g/mol. The summed E-state index contributed by atoms with van der Waals surface area (Å²) >= 11 is 3.34. The highest BCUT2D eigenvalue weighted by Crippen LogP contribution is 2.29. The van der Waals surface area contributed by atoms with E-state index in [1.807, 2.05) is 12.1 Å². The van der Waals surface area contributed by atoms with Gasteiger partial charge in [-0.25, -0.2) is 0 Å². The number of ketones is 1. The number of rotatable bonds is 6. The molecule has 0 aliphatic carbocycles. The third-order valence-electron chi connectivity index (χ3n) is 3.35. The van der Waals surface area contributed by atoms with Crippen molar-refractivity contribution in [2.75, 3.05) is 12.4 Å². The summed E-state index contributed by atoms with van der Waals surface area (Å²) in [4.78, 5) is 23.7. The van der Waals surface area contributed by atoms with Gasteiger partial charge >= 0.3 is 0 Å². The van der Waals surface area contributed by atoms with Gasteiger partial charge in [-0.3, -0.25) is 9.59 Å². The van der Waals surface area contributed by atoms with Gasteiger partial charge in [-0.1, -0.05) is 15.9 Å². The van der Waals surface area contributed by atoms with E-state index >= 15 is 0 Å². The van der Waals surface area contributed by atoms with Crippen molar-refractivity contribution in [3.63, 3.8) is 0 Å². The summed E-state index contributed by atoms with van der Waals surface area (Å²) in [5.74, 6) is 0.461. The van der Waals surface area contributed by atoms with E-state index in [9.17, 15) is 9.59 Å². The Bertz CT molecular complexity index is 743. The van der Waals surface area contributed by atoms with E-state index < -0.39 is 6.10 Å². The number of anilines is 1. The second-order valence-electron chi connectivity index (χ2n) is 5.18. The van der Waals surface area contributed by atoms with Crippen LogP contribution >= 0.6 is 15.9 Å². The highest BCUT2D eigenvalue weighted by atomic mass is 79.9. The van der Waals surface area contributed by atoms with Crippen LogP contribution < -0.4 is 14.8 Å². The zero-order valence-electron chi connectivity index (χ0n) is 13.6. The second-order valence-corrected chi connectivity index (χ2v) is 6.09. The van der Waals surface area contributed by atoms with Crippen molar-refractivity contribution >= 4 is 33.3 Å². The number of methoxy groups -OCH3 is 1. The molecule has 2 rings (SSSR count). The maximum absolute atomic E-state index is 12.2. The maximum Gasteiger partial charge on any atom is 0.265 e. The van der Waals surface area contributed by atoms with Crippen LogP contribution in [0.3, 0.4) is 0 Å². The fraction of sp³-hybridized carbons (Fsp3) is 0.222. The predicted molar refractivity (Wildman–Crippen MR) is 95.9 cm³/mol. The molecule has 0 heterocycles. The lowest BCUT2D eigenvalue weighted by Crippen LogP contribution is -2.30. The lowest BCUT2D eigenvalue weighted by molar-refractivity contribution is -0.122. The maximum atomic E-state index is 12.2. The van der Waals surface area contributed by atoms with E-state index in [1.165, 1.54) is 14.0 Å². The first-order valence-electron chi connectivity index (χ1n) is 7.32. The van der Waals surface area contributed by atoms with Crippen LogP contribution in [-0.4, -0.2) is 24.9 Å². The number of halogens is 1. The molecular formula is C18H18BrNO4. The minimum absolute atomic E-state index is 0.0686. The molecule has 0 saturated heterocycles. The molecule has 5 nitrogen and oxygen atoms in total. The molecule has 0 fully saturated rings. The summed E-state index contributed by atoms with van der Waals surface area (Å²) in [5.41, 5.74) is 1.20. The van der Waals surface area contributed by atoms with E-state index in [0.29, 0.717) is 22.7 Å². The molecule has 6 heteroatoms. The number of hydrogen-bond donors (Lipinski definition) is 1. The largest absolute Gasteiger partial charge is 0.493 e. The molecule has 0 aromatic heterocycles. The van der Waals surface area contributed by atoms with Gasteiger partial charge in [0.05, 0.1) is 7.11 Å². The first-order chi connectivity index (χ1) is 11.4. The first kappa shape index (κ1) is 18.0. The Morgan fingerprint density at radius 2 is 1.75 bits per heavy atom. The first-order valence-corrected chi connectivity index (χ1v) is 8.12. The van der Waals surface area contributed by atoms with Gasteiger partial charge in [0, 0.05) is 15.7 Å². The molecule has 0 spiro atoms. The molecule has 1 atom stereocenters. The Labute approximate surface area is 149 Å². The highest BCUT2D eigenvalue weighted by molar-refractivity contribution is 9.10. The molecule has 0 aliphatic heterocycles. The molecule has 1 N–H and O–H groups in total. The normalized spacial score (nSPS) is 11.5. The second kappa shape index (κ2) is 7.97. The molecule has 24 heavy (non-hydrogen) atoms. The average Bonchev–Trinajstić information content (AvgIpc) is 2.56. The molecule has 2 aromatic carbocycles. The summed E-state index contributed by atoms with van der Waals surface area (Å²) in [6, 6.07) is 12.1. The molecule has 0 aliphatic rings. The topological polar surface area (TPSA) is 64.6 Å². The van der Waals surface area contributed by atoms with Gasteiger partial charge in [-0.05, 0) is 56.3 Å². The SMILES string of the molecule is COc1cc(C(C)=O)ccc1OC(C)C(=O)Nc1ccc(Br)cc1. The fourth-order valence-electron chi connectivity index (χ4n) is 2.01. The van der Waals surface area contributed by atoms with Crippen molar-refractivity contribution in [2.45, 2.75) is 20.0 Å². The van der Waals surface area contributed by atoms with Crippen LogP contribution in [0.25, 0.3) is 0 Å². The van der Waals surface area contributed by atoms with E-state index in [2.05, 4.69) is 21.2 Å². The number of benzene rings is 2. The Hall–Kier alpha value is -2.34. The molecule has 126 valence electrons. The van der Waals surface area contributed by atoms with E-state index in [0.717, 1.165) is 4.47 Å². The molecule has 2 aromatic rings. The predicted octanol–water partition coefficient (Wildman–Crippen LogP) is 4.07. The molecule has 0 saturated carbocycles. The van der Waals surface area contributed by atoms with Crippen LogP contribution in [0.2, 0.25) is 0 Å². The number of nitrogens with one attached hydrogen (secondary N) is 1. The Balaban J connectivity index is 2.08. The zero-order chi connectivity index (χ0) is 17.7. The van der Waals surface area contributed by atoms with E-state index in [1.54, 1.807) is 37.3 Å². The Morgan fingerprint density at radius 3 is 2.33 bits per heavy atom. The molecule has 0 radical (unpaired) electrons. The lowest BCUT2D eigenvalue weighted by atomic mass is 10.1. The number of Topliss-reactive ketones (excluding diaryl/α,β-unsaturated/α-hetero) is 1. The van der Waals surface area contributed by atoms with Gasteiger partial charge in [-0.15, -0.1) is 0 Å². The molecule has 1 amide bonds. The summed E-state index contributed by atoms with van der Waals surface area (Å²) < 4.78 is 11.8. The smallest absolute Gasteiger partial charge is 0.265 e. The molecule has 1 unspecified atom stereocenters. The zero-order valence-corrected chi connectivity index (χ0v) is 15.2. The quantitative estimate of drug-likeness (QED) is 0.753. The third-order valence-corrected chi connectivity index (χ3v) is 3.88. The van der Waals surface area contributed by atoms with Crippen molar-refractivity contribution in [3.8, 4) is 11.5 Å². The third kappa shape index (κ3) is 4.58. The standard InChI is InChI=1S/C18H18BrNO4/c1-11(21)13-4-9-16(17(10-13)23-3)24-12(2)18(22)20-15-7-5-14(19)6-8-15/h4-10,12H,1-3H3,(H,20,22). The average molecular weight is 392 g/mol. The summed E-state index contributed by atoms with van der Waals surface area (Å²) in [7, 11) is 1.48. The summed E-state index contributed by atoms with van der Waals surface area (Å²) in [6.07, 6.45) is -0.731. The Kier molecular flexibility index (Phi) is 5.98. The van der Waals surface area contributed by atoms with Crippen LogP contribution in [-0.2, 0) is 4.79 Å². The van der Waals surface area contributed by atoms with E-state index in [4.69, 9.17) is 9.47 Å². The van der Waals surface area contributed by atoms with E-state index in [-0.39, 0.29) is 11.7 Å². The number of amides is 1. The molecule has 0 bridgehead atoms. The van der Waals surface area contributed by atoms with Crippen LogP contribution in [0.1, 0.15) is 24.2 Å². The van der Waals surface area contributed by atoms with Gasteiger partial charge in [0.25, 0.3) is 5.91 Å². The fourth-order valence-corrected chi connectivity index (χ4v) is 2.27. The summed E-state index contributed by atoms with van der Waals surface area (Å²) in [6.45, 7) is 3.12. The van der Waals surface area contributed by atoms with Gasteiger partial charge in [-0.2, -0.15) is 0 Å². The minimum atomic E-state index is -0.731. The summed E-state index contributed by atoms with van der Waals surface area (Å²) in [5, 5.41) is 2.78. The van der Waals surface area contributed by atoms with Gasteiger partial charge in [0.2, 0.25) is 0 Å². The highest BCUT2D eigenvalue weighted by Gasteiger charge is 2.18. The van der Waals surface area contributed by atoms with Gasteiger partial charge < -0.3 is 14.8 Å². The van der Waals surface area contributed by atoms with Crippen molar-refractivity contribution in [2.24, 2.45) is 0 Å². The Morgan fingerprint density at radius 1 is 1.08 bits per heavy atom. The monoisotopic (exact) mass is 391 g/mol. The van der Waals surface area contributed by atoms with Gasteiger partial charge in [0.1, 0.15) is 0 Å². The van der Waals surface area contributed by atoms with Crippen molar-refractivity contribution in [3.05, 3.63) is 52.5 Å². The number of ether oxygens (including phenoxy) is 2. The minimum Gasteiger partial charge on any atom is -0.493 e. The van der Waals surface area contributed by atoms with Crippen LogP contribution in [0.4, 0.5) is 5.69 Å². The van der Waals surface area contributed by atoms with Crippen LogP contribution in [0, 0.1) is 0 Å². The van der Waals surface area contributed by atoms with Crippen molar-refractivity contribution in [1.29, 1.82) is 0 Å². The number of carbonyl (C=O) groups excluding carboxylic acids is 2. The number of hydrogen-bond acceptors (Lipinski definition) is 4. The van der Waals surface area contributed by atoms with Crippen LogP contribution in [0.5, 0.6) is 11.5 Å². The number of carbonyl (C=O) groups is 2. The van der Waals surface area contributed by atoms with Crippen molar-refractivity contribution in [1.82, 2.24) is 0 Å². The van der Waals surface area contributed by atoms with Crippen molar-refractivity contribution < 1.29 is 19.1 Å². The lowest BCUT2D eigenvalue weighted by Gasteiger charge is -2.17.